The first-order valence-corrected chi connectivity index (χ1v) is 9.78. The van der Waals surface area contributed by atoms with Crippen LogP contribution < -0.4 is 4.31 Å². The second-order valence-corrected chi connectivity index (χ2v) is 7.99. The average molecular weight is 433 g/mol. The van der Waals surface area contributed by atoms with Crippen LogP contribution in [0.15, 0.2) is 47.4 Å². The number of aliphatic carboxylic acids is 1. The summed E-state index contributed by atoms with van der Waals surface area (Å²) in [6.45, 7) is -0.249. The topological polar surface area (TPSA) is 118 Å². The molecule has 0 aliphatic heterocycles. The predicted octanol–water partition coefficient (Wildman–Crippen LogP) is 3.96. The van der Waals surface area contributed by atoms with Gasteiger partial charge in [-0.1, -0.05) is 41.4 Å². The molecule has 11 heteroatoms. The Balaban J connectivity index is 2.60. The van der Waals surface area contributed by atoms with Gasteiger partial charge in [0.1, 0.15) is 0 Å². The van der Waals surface area contributed by atoms with Crippen molar-refractivity contribution in [3.63, 3.8) is 0 Å². The van der Waals surface area contributed by atoms with Crippen LogP contribution in [0.2, 0.25) is 10.0 Å². The molecule has 0 spiro atoms. The molecule has 27 heavy (non-hydrogen) atoms. The number of nitro benzene ring substituents is 1. The molecular formula is C16H14Cl2N2O6S. The standard InChI is InChI=1S/C16H14Cl2N2O6S/c17-11-5-3-7-13(16(11)18)19(10-4-9-15(21)22)27(25,26)14-8-2-1-6-12(14)20(23)24/h1-3,5-8H,4,9-10H2,(H,21,22). The van der Waals surface area contributed by atoms with Gasteiger partial charge in [0, 0.05) is 19.0 Å². The molecule has 0 atom stereocenters. The lowest BCUT2D eigenvalue weighted by atomic mass is 10.3. The van der Waals surface area contributed by atoms with Crippen LogP contribution in [0.4, 0.5) is 11.4 Å². The van der Waals surface area contributed by atoms with Gasteiger partial charge >= 0.3 is 5.97 Å². The number of nitro groups is 1. The molecule has 1 N–H and O–H groups in total. The Morgan fingerprint density at radius 2 is 1.81 bits per heavy atom. The van der Waals surface area contributed by atoms with E-state index in [2.05, 4.69) is 0 Å². The fourth-order valence-corrected chi connectivity index (χ4v) is 4.50. The van der Waals surface area contributed by atoms with E-state index in [0.717, 1.165) is 16.4 Å². The van der Waals surface area contributed by atoms with Gasteiger partial charge in [0.05, 0.1) is 20.7 Å². The lowest BCUT2D eigenvalue weighted by molar-refractivity contribution is -0.387. The summed E-state index contributed by atoms with van der Waals surface area (Å²) in [4.78, 5) is 20.7. The zero-order chi connectivity index (χ0) is 20.2. The molecule has 0 saturated carbocycles. The lowest BCUT2D eigenvalue weighted by Crippen LogP contribution is -2.33. The molecule has 0 unspecified atom stereocenters. The van der Waals surface area contributed by atoms with E-state index in [1.165, 1.54) is 30.3 Å². The van der Waals surface area contributed by atoms with Crippen LogP contribution in [0.25, 0.3) is 0 Å². The molecule has 2 rings (SSSR count). The molecule has 2 aromatic rings. The van der Waals surface area contributed by atoms with Crippen LogP contribution in [-0.4, -0.2) is 31.0 Å². The maximum atomic E-state index is 13.2. The van der Waals surface area contributed by atoms with Crippen molar-refractivity contribution in [1.29, 1.82) is 0 Å². The third-order valence-electron chi connectivity index (χ3n) is 3.58. The largest absolute Gasteiger partial charge is 0.481 e. The van der Waals surface area contributed by atoms with Crippen molar-refractivity contribution in [3.05, 3.63) is 62.6 Å². The molecule has 0 amide bonds. The maximum Gasteiger partial charge on any atom is 0.303 e. The van der Waals surface area contributed by atoms with Gasteiger partial charge in [-0.3, -0.25) is 19.2 Å². The minimum absolute atomic E-state index is 0.00714. The predicted molar refractivity (Wildman–Crippen MR) is 101 cm³/mol. The molecule has 8 nitrogen and oxygen atoms in total. The number of carbonyl (C=O) groups is 1. The fraction of sp³-hybridized carbons (Fsp3) is 0.188. The zero-order valence-electron chi connectivity index (χ0n) is 13.7. The van der Waals surface area contributed by atoms with Crippen LogP contribution in [0.3, 0.4) is 0 Å². The third kappa shape index (κ3) is 4.68. The van der Waals surface area contributed by atoms with E-state index in [1.54, 1.807) is 0 Å². The highest BCUT2D eigenvalue weighted by Crippen LogP contribution is 2.37. The summed E-state index contributed by atoms with van der Waals surface area (Å²) in [6, 6.07) is 9.20. The van der Waals surface area contributed by atoms with E-state index in [1.807, 2.05) is 0 Å². The molecule has 0 saturated heterocycles. The van der Waals surface area contributed by atoms with Crippen LogP contribution in [0.5, 0.6) is 0 Å². The number of nitrogens with zero attached hydrogens (tertiary/aromatic N) is 2. The quantitative estimate of drug-likeness (QED) is 0.497. The van der Waals surface area contributed by atoms with E-state index in [4.69, 9.17) is 28.3 Å². The minimum Gasteiger partial charge on any atom is -0.481 e. The highest BCUT2D eigenvalue weighted by Gasteiger charge is 2.32. The molecule has 0 heterocycles. The number of para-hydroxylation sites is 1. The number of carboxylic acids is 1. The van der Waals surface area contributed by atoms with Gasteiger partial charge in [-0.2, -0.15) is 0 Å². The summed E-state index contributed by atoms with van der Waals surface area (Å²) in [7, 11) is -4.41. The Bertz CT molecular complexity index is 981. The van der Waals surface area contributed by atoms with Gasteiger partial charge < -0.3 is 5.11 Å². The van der Waals surface area contributed by atoms with Gasteiger partial charge in [0.2, 0.25) is 0 Å². The van der Waals surface area contributed by atoms with Crippen molar-refractivity contribution < 1.29 is 23.2 Å². The van der Waals surface area contributed by atoms with Crippen molar-refractivity contribution in [2.75, 3.05) is 10.8 Å². The second-order valence-electron chi connectivity index (χ2n) is 5.37. The summed E-state index contributed by atoms with van der Waals surface area (Å²) in [5.74, 6) is -1.10. The van der Waals surface area contributed by atoms with E-state index >= 15 is 0 Å². The number of hydrogen-bond donors (Lipinski definition) is 1. The zero-order valence-corrected chi connectivity index (χ0v) is 16.0. The molecule has 0 aliphatic carbocycles. The molecular weight excluding hydrogens is 419 g/mol. The molecule has 144 valence electrons. The van der Waals surface area contributed by atoms with Crippen molar-refractivity contribution >= 4 is 50.6 Å². The maximum absolute atomic E-state index is 13.2. The van der Waals surface area contributed by atoms with E-state index in [-0.39, 0.29) is 35.1 Å². The first kappa shape index (κ1) is 20.9. The Hall–Kier alpha value is -2.36. The highest BCUT2D eigenvalue weighted by molar-refractivity contribution is 7.93. The van der Waals surface area contributed by atoms with Crippen LogP contribution in [0, 0.1) is 10.1 Å². The van der Waals surface area contributed by atoms with Crippen molar-refractivity contribution in [2.24, 2.45) is 0 Å². The van der Waals surface area contributed by atoms with Crippen LogP contribution in [0.1, 0.15) is 12.8 Å². The summed E-state index contributed by atoms with van der Waals surface area (Å²) < 4.78 is 27.2. The Morgan fingerprint density at radius 1 is 1.15 bits per heavy atom. The fourth-order valence-electron chi connectivity index (χ4n) is 2.37. The first-order valence-electron chi connectivity index (χ1n) is 7.58. The summed E-state index contributed by atoms with van der Waals surface area (Å²) in [6.07, 6.45) is -0.320. The first-order chi connectivity index (χ1) is 12.7. The van der Waals surface area contributed by atoms with Gasteiger partial charge in [0.15, 0.2) is 4.90 Å². The molecule has 0 radical (unpaired) electrons. The Morgan fingerprint density at radius 3 is 2.44 bits per heavy atom. The third-order valence-corrected chi connectivity index (χ3v) is 6.25. The normalized spacial score (nSPS) is 11.2. The number of anilines is 1. The number of rotatable bonds is 8. The van der Waals surface area contributed by atoms with Gasteiger partial charge in [-0.25, -0.2) is 8.42 Å². The van der Waals surface area contributed by atoms with Gasteiger partial charge in [0.25, 0.3) is 15.7 Å². The Labute approximate surface area is 165 Å². The molecule has 0 aliphatic rings. The second kappa shape index (κ2) is 8.55. The van der Waals surface area contributed by atoms with Crippen LogP contribution in [-0.2, 0) is 14.8 Å². The van der Waals surface area contributed by atoms with E-state index in [9.17, 15) is 23.3 Å². The lowest BCUT2D eigenvalue weighted by Gasteiger charge is -2.25. The highest BCUT2D eigenvalue weighted by atomic mass is 35.5. The summed E-state index contributed by atoms with van der Waals surface area (Å²) in [5, 5.41) is 20.1. The van der Waals surface area contributed by atoms with E-state index in [0.29, 0.717) is 0 Å². The molecule has 0 bridgehead atoms. The van der Waals surface area contributed by atoms with Crippen molar-refractivity contribution in [3.8, 4) is 0 Å². The number of hydrogen-bond acceptors (Lipinski definition) is 5. The van der Waals surface area contributed by atoms with E-state index < -0.39 is 31.5 Å². The number of halogens is 2. The summed E-state index contributed by atoms with van der Waals surface area (Å²) in [5.41, 5.74) is -0.591. The molecule has 0 aromatic heterocycles. The monoisotopic (exact) mass is 432 g/mol. The number of benzene rings is 2. The molecule has 2 aromatic carbocycles. The smallest absolute Gasteiger partial charge is 0.303 e. The number of carboxylic acid groups (broad SMARTS) is 1. The van der Waals surface area contributed by atoms with Gasteiger partial charge in [-0.15, -0.1) is 0 Å². The summed E-state index contributed by atoms with van der Waals surface area (Å²) >= 11 is 12.1. The van der Waals surface area contributed by atoms with Crippen LogP contribution >= 0.6 is 23.2 Å². The average Bonchev–Trinajstić information content (AvgIpc) is 2.61. The van der Waals surface area contributed by atoms with Gasteiger partial charge in [-0.05, 0) is 24.6 Å². The molecule has 0 fully saturated rings. The number of sulfonamides is 1. The van der Waals surface area contributed by atoms with Crippen molar-refractivity contribution in [2.45, 2.75) is 17.7 Å². The SMILES string of the molecule is O=C(O)CCCN(c1cccc(Cl)c1Cl)S(=O)(=O)c1ccccc1[N+](=O)[O-]. The Kier molecular flexibility index (Phi) is 6.63. The minimum atomic E-state index is -4.41. The van der Waals surface area contributed by atoms with Crippen molar-refractivity contribution in [1.82, 2.24) is 0 Å².